The lowest BCUT2D eigenvalue weighted by Crippen LogP contribution is -2.22. The number of ether oxygens (including phenoxy) is 1. The molecular weight excluding hydrogens is 454 g/mol. The highest BCUT2D eigenvalue weighted by Crippen LogP contribution is 2.40. The fourth-order valence-electron chi connectivity index (χ4n) is 6.52. The Bertz CT molecular complexity index is 851. The maximum Gasteiger partial charge on any atom is 0.387 e. The highest BCUT2D eigenvalue weighted by atomic mass is 28.3. The molecule has 192 valence electrons. The molecule has 1 heterocycles. The third kappa shape index (κ3) is 8.16. The number of benzene rings is 2. The van der Waals surface area contributed by atoms with Crippen LogP contribution < -0.4 is 4.74 Å². The van der Waals surface area contributed by atoms with Crippen LogP contribution in [0.3, 0.4) is 0 Å². The van der Waals surface area contributed by atoms with E-state index in [2.05, 4.69) is 35.9 Å². The zero-order chi connectivity index (χ0) is 24.5. The Balaban J connectivity index is 1.17. The molecule has 1 nitrogen and oxygen atoms in total. The van der Waals surface area contributed by atoms with Gasteiger partial charge in [-0.1, -0.05) is 106 Å². The lowest BCUT2D eigenvalue weighted by atomic mass is 9.76. The smallest absolute Gasteiger partial charge is 0.387 e. The van der Waals surface area contributed by atoms with Crippen LogP contribution in [0.4, 0.5) is 8.78 Å². The van der Waals surface area contributed by atoms with Crippen LogP contribution in [0, 0.1) is 11.8 Å². The molecule has 1 saturated heterocycles. The summed E-state index contributed by atoms with van der Waals surface area (Å²) >= 11 is 0. The van der Waals surface area contributed by atoms with Crippen LogP contribution in [-0.2, 0) is 0 Å². The average molecular weight is 499 g/mol. The minimum Gasteiger partial charge on any atom is -0.435 e. The summed E-state index contributed by atoms with van der Waals surface area (Å²) in [5, 5.41) is 0. The van der Waals surface area contributed by atoms with E-state index in [1.54, 1.807) is 43.1 Å². The second-order valence-electron chi connectivity index (χ2n) is 11.2. The average Bonchev–Trinajstić information content (AvgIpc) is 2.89. The predicted octanol–water partition coefficient (Wildman–Crippen LogP) is 9.84. The first-order chi connectivity index (χ1) is 17.1. The number of rotatable bonds is 11. The third-order valence-electron chi connectivity index (χ3n) is 8.81. The number of halogens is 2. The molecule has 0 spiro atoms. The van der Waals surface area contributed by atoms with Crippen molar-refractivity contribution in [3.05, 3.63) is 54.1 Å². The van der Waals surface area contributed by atoms with Crippen LogP contribution in [0.1, 0.15) is 89.0 Å². The predicted molar refractivity (Wildman–Crippen MR) is 146 cm³/mol. The van der Waals surface area contributed by atoms with Crippen LogP contribution in [0.25, 0.3) is 11.1 Å². The van der Waals surface area contributed by atoms with Gasteiger partial charge in [-0.05, 0) is 72.3 Å². The van der Waals surface area contributed by atoms with Crippen molar-refractivity contribution in [2.24, 2.45) is 11.8 Å². The Morgan fingerprint density at radius 3 is 1.91 bits per heavy atom. The first-order valence-electron chi connectivity index (χ1n) is 14.3. The van der Waals surface area contributed by atoms with E-state index in [4.69, 9.17) is 0 Å². The van der Waals surface area contributed by atoms with Crippen LogP contribution in [0.5, 0.6) is 5.75 Å². The highest BCUT2D eigenvalue weighted by Gasteiger charge is 2.25. The SMILES string of the molecule is CCCCC[Si@H]1CC[C@H](CCC2CCC(c3ccc(-c4ccc(OC(F)F)cc4)cc3)CC2)CC1. The topological polar surface area (TPSA) is 9.23 Å². The number of unbranched alkanes of at least 4 members (excludes halogenated alkanes) is 2. The molecule has 35 heavy (non-hydrogen) atoms. The first kappa shape index (κ1) is 26.4. The number of hydrogen-bond acceptors (Lipinski definition) is 1. The van der Waals surface area contributed by atoms with Gasteiger partial charge in [-0.2, -0.15) is 8.78 Å². The molecule has 0 atom stereocenters. The molecule has 1 saturated carbocycles. The second-order valence-corrected chi connectivity index (χ2v) is 14.7. The molecule has 4 heteroatoms. The van der Waals surface area contributed by atoms with Crippen LogP contribution in [0.15, 0.2) is 48.5 Å². The van der Waals surface area contributed by atoms with Crippen LogP contribution in [-0.4, -0.2) is 15.4 Å². The van der Waals surface area contributed by atoms with Gasteiger partial charge in [-0.15, -0.1) is 0 Å². The minimum absolute atomic E-state index is 0.203. The van der Waals surface area contributed by atoms with E-state index in [0.29, 0.717) is 5.92 Å². The van der Waals surface area contributed by atoms with Gasteiger partial charge in [0.15, 0.2) is 0 Å². The summed E-state index contributed by atoms with van der Waals surface area (Å²) in [6.07, 6.45) is 15.8. The van der Waals surface area contributed by atoms with Gasteiger partial charge in [0.1, 0.15) is 5.75 Å². The van der Waals surface area contributed by atoms with Gasteiger partial charge < -0.3 is 4.74 Å². The molecule has 0 bridgehead atoms. The van der Waals surface area contributed by atoms with Crippen molar-refractivity contribution in [2.75, 3.05) is 0 Å². The van der Waals surface area contributed by atoms with Crippen molar-refractivity contribution in [3.63, 3.8) is 0 Å². The Hall–Kier alpha value is -1.68. The lowest BCUT2D eigenvalue weighted by molar-refractivity contribution is -0.0498. The summed E-state index contributed by atoms with van der Waals surface area (Å²) < 4.78 is 29.2. The van der Waals surface area contributed by atoms with Gasteiger partial charge in [-0.3, -0.25) is 0 Å². The maximum absolute atomic E-state index is 12.4. The van der Waals surface area contributed by atoms with E-state index in [9.17, 15) is 8.78 Å². The van der Waals surface area contributed by atoms with Gasteiger partial charge in [0, 0.05) is 8.80 Å². The van der Waals surface area contributed by atoms with E-state index >= 15 is 0 Å². The van der Waals surface area contributed by atoms with E-state index < -0.39 is 6.61 Å². The van der Waals surface area contributed by atoms with Crippen LogP contribution >= 0.6 is 0 Å². The Morgan fingerprint density at radius 1 is 0.771 bits per heavy atom. The van der Waals surface area contributed by atoms with Gasteiger partial charge in [0.25, 0.3) is 0 Å². The quantitative estimate of drug-likeness (QED) is 0.221. The molecule has 0 aromatic heterocycles. The highest BCUT2D eigenvalue weighted by molar-refractivity contribution is 6.58. The van der Waals surface area contributed by atoms with Crippen molar-refractivity contribution in [1.82, 2.24) is 0 Å². The summed E-state index contributed by atoms with van der Waals surface area (Å²) in [6.45, 7) is -0.459. The Labute approximate surface area is 213 Å². The molecular formula is C31H44F2OSi. The lowest BCUT2D eigenvalue weighted by Gasteiger charge is -2.32. The molecule has 0 radical (unpaired) electrons. The van der Waals surface area contributed by atoms with Crippen molar-refractivity contribution < 1.29 is 13.5 Å². The Kier molecular flexibility index (Phi) is 10.2. The summed E-state index contributed by atoms with van der Waals surface area (Å²) in [5.74, 6) is 2.87. The minimum atomic E-state index is -2.78. The van der Waals surface area contributed by atoms with Gasteiger partial charge in [0.2, 0.25) is 0 Å². The van der Waals surface area contributed by atoms with Crippen molar-refractivity contribution in [3.8, 4) is 16.9 Å². The van der Waals surface area contributed by atoms with Crippen LogP contribution in [0.2, 0.25) is 18.1 Å². The van der Waals surface area contributed by atoms with E-state index in [-0.39, 0.29) is 14.5 Å². The van der Waals surface area contributed by atoms with Gasteiger partial charge in [-0.25, -0.2) is 0 Å². The largest absolute Gasteiger partial charge is 0.435 e. The fraction of sp³-hybridized carbons (Fsp3) is 0.613. The monoisotopic (exact) mass is 498 g/mol. The molecule has 2 aromatic carbocycles. The van der Waals surface area contributed by atoms with Crippen molar-refractivity contribution in [1.29, 1.82) is 0 Å². The molecule has 2 fully saturated rings. The molecule has 2 aliphatic rings. The summed E-state index contributed by atoms with van der Waals surface area (Å²) in [6, 6.07) is 20.7. The molecule has 0 N–H and O–H groups in total. The van der Waals surface area contributed by atoms with E-state index in [1.807, 2.05) is 12.1 Å². The number of hydrogen-bond donors (Lipinski definition) is 0. The maximum atomic E-state index is 12.4. The zero-order valence-electron chi connectivity index (χ0n) is 21.6. The van der Waals surface area contributed by atoms with Gasteiger partial charge in [0.05, 0.1) is 0 Å². The third-order valence-corrected chi connectivity index (χ3v) is 12.3. The standard InChI is InChI=1S/C31H44F2OSi/c1-2-3-4-21-35-22-19-25(20-23-35)6-5-24-7-9-26(10-8-24)27-11-13-28(14-12-27)29-15-17-30(18-16-29)34-31(32)33/h11-18,24-26,31,35H,2-10,19-23H2,1H3/t24?,25-,26?,35-. The normalized spacial score (nSPS) is 25.0. The summed E-state index contributed by atoms with van der Waals surface area (Å²) in [4.78, 5) is 0. The molecule has 2 aromatic rings. The molecule has 1 aliphatic heterocycles. The molecule has 0 unspecified atom stereocenters. The fourth-order valence-corrected chi connectivity index (χ4v) is 10.1. The van der Waals surface area contributed by atoms with E-state index in [0.717, 1.165) is 23.0 Å². The molecule has 0 amide bonds. The molecule has 4 rings (SSSR count). The van der Waals surface area contributed by atoms with Crippen molar-refractivity contribution in [2.45, 2.75) is 108 Å². The number of alkyl halides is 2. The Morgan fingerprint density at radius 2 is 1.34 bits per heavy atom. The molecule has 1 aliphatic carbocycles. The van der Waals surface area contributed by atoms with E-state index in [1.165, 1.54) is 63.4 Å². The zero-order valence-corrected chi connectivity index (χ0v) is 22.7. The van der Waals surface area contributed by atoms with Gasteiger partial charge >= 0.3 is 6.61 Å². The summed E-state index contributed by atoms with van der Waals surface area (Å²) in [7, 11) is -0.363. The van der Waals surface area contributed by atoms with Crippen molar-refractivity contribution >= 4 is 8.80 Å². The summed E-state index contributed by atoms with van der Waals surface area (Å²) in [5.41, 5.74) is 3.60. The second kappa shape index (κ2) is 13.6. The first-order valence-corrected chi connectivity index (χ1v) is 16.7.